The van der Waals surface area contributed by atoms with Crippen LogP contribution in [0.2, 0.25) is 0 Å². The molecule has 0 spiro atoms. The number of nitrogens with one attached hydrogen (secondary N) is 1. The molecule has 0 aliphatic rings. The first-order chi connectivity index (χ1) is 13.2. The summed E-state index contributed by atoms with van der Waals surface area (Å²) in [6.07, 6.45) is 3.67. The molecule has 1 aromatic rings. The smallest absolute Gasteiger partial charge is 0.222 e. The minimum Gasteiger partial charge on any atom is -0.356 e. The van der Waals surface area contributed by atoms with Crippen molar-refractivity contribution in [2.24, 2.45) is 11.5 Å². The highest BCUT2D eigenvalue weighted by molar-refractivity contribution is 8.76. The first-order valence-electron chi connectivity index (χ1n) is 9.46. The number of carbonyl (C=O) groups excluding carboxylic acids is 2. The van der Waals surface area contributed by atoms with Crippen LogP contribution < -0.4 is 16.8 Å². The van der Waals surface area contributed by atoms with E-state index in [-0.39, 0.29) is 11.8 Å². The maximum absolute atomic E-state index is 12.1. The van der Waals surface area contributed by atoms with Crippen LogP contribution in [0.5, 0.6) is 0 Å². The second-order valence-electron chi connectivity index (χ2n) is 6.09. The molecular weight excluding hydrogens is 380 g/mol. The molecule has 0 unspecified atom stereocenters. The van der Waals surface area contributed by atoms with Crippen molar-refractivity contribution in [1.29, 1.82) is 0 Å². The third-order valence-corrected chi connectivity index (χ3v) is 6.24. The predicted molar refractivity (Wildman–Crippen MR) is 116 cm³/mol. The first-order valence-corrected chi connectivity index (χ1v) is 11.8. The zero-order valence-corrected chi connectivity index (χ0v) is 17.5. The van der Waals surface area contributed by atoms with Crippen LogP contribution in [0.3, 0.4) is 0 Å². The number of hydrogen-bond donors (Lipinski definition) is 3. The molecule has 0 fully saturated rings. The van der Waals surface area contributed by atoms with Gasteiger partial charge in [0.1, 0.15) is 0 Å². The Morgan fingerprint density at radius 2 is 1.67 bits per heavy atom. The maximum Gasteiger partial charge on any atom is 0.222 e. The predicted octanol–water partition coefficient (Wildman–Crippen LogP) is 2.24. The summed E-state index contributed by atoms with van der Waals surface area (Å²) in [4.78, 5) is 26.8. The lowest BCUT2D eigenvalue weighted by Crippen LogP contribution is -2.38. The van der Waals surface area contributed by atoms with Crippen LogP contribution in [0.4, 0.5) is 0 Å². The van der Waals surface area contributed by atoms with Gasteiger partial charge in [-0.1, -0.05) is 46.2 Å². The normalized spacial score (nSPS) is 10.6. The van der Waals surface area contributed by atoms with E-state index in [4.69, 9.17) is 11.5 Å². The van der Waals surface area contributed by atoms with Crippen LogP contribution in [0, 0.1) is 0 Å². The number of hydrogen-bond acceptors (Lipinski definition) is 6. The minimum atomic E-state index is 0.0873. The van der Waals surface area contributed by atoms with Gasteiger partial charge in [-0.3, -0.25) is 9.59 Å². The number of rotatable bonds is 15. The Kier molecular flexibility index (Phi) is 13.9. The summed E-state index contributed by atoms with van der Waals surface area (Å²) in [5.74, 6) is 0.991. The SMILES string of the molecule is NCCN(CCN)C(=O)CCCCCNC(=O)CCSSc1ccccc1. The molecule has 2 amide bonds. The molecule has 0 saturated carbocycles. The Morgan fingerprint density at radius 3 is 2.33 bits per heavy atom. The third kappa shape index (κ3) is 12.0. The molecule has 27 heavy (non-hydrogen) atoms. The quantitative estimate of drug-likeness (QED) is 0.302. The van der Waals surface area contributed by atoms with Crippen molar-refractivity contribution in [2.45, 2.75) is 37.0 Å². The monoisotopic (exact) mass is 412 g/mol. The van der Waals surface area contributed by atoms with Gasteiger partial charge in [0, 0.05) is 56.2 Å². The Labute approximate surface area is 170 Å². The van der Waals surface area contributed by atoms with Crippen molar-refractivity contribution in [3.05, 3.63) is 30.3 Å². The molecule has 0 aromatic heterocycles. The molecule has 8 heteroatoms. The molecule has 0 bridgehead atoms. The van der Waals surface area contributed by atoms with Gasteiger partial charge in [-0.2, -0.15) is 0 Å². The molecule has 0 radical (unpaired) electrons. The zero-order valence-electron chi connectivity index (χ0n) is 15.9. The van der Waals surface area contributed by atoms with Gasteiger partial charge in [-0.25, -0.2) is 0 Å². The number of benzene rings is 1. The Hall–Kier alpha value is -1.22. The van der Waals surface area contributed by atoms with E-state index in [0.29, 0.717) is 45.6 Å². The lowest BCUT2D eigenvalue weighted by Gasteiger charge is -2.21. The number of nitrogens with two attached hydrogens (primary N) is 2. The fraction of sp³-hybridized carbons (Fsp3) is 0.579. The molecule has 0 aliphatic carbocycles. The van der Waals surface area contributed by atoms with E-state index in [1.54, 1.807) is 26.5 Å². The molecule has 1 aromatic carbocycles. The first kappa shape index (κ1) is 23.8. The van der Waals surface area contributed by atoms with Crippen molar-refractivity contribution in [3.63, 3.8) is 0 Å². The largest absolute Gasteiger partial charge is 0.356 e. The third-order valence-electron chi connectivity index (χ3n) is 3.85. The van der Waals surface area contributed by atoms with Gasteiger partial charge in [0.05, 0.1) is 0 Å². The summed E-state index contributed by atoms with van der Waals surface area (Å²) in [7, 11) is 3.39. The van der Waals surface area contributed by atoms with Crippen LogP contribution in [0.1, 0.15) is 32.1 Å². The molecule has 0 atom stereocenters. The molecule has 0 saturated heterocycles. The molecule has 5 N–H and O–H groups in total. The van der Waals surface area contributed by atoms with Crippen molar-refractivity contribution in [2.75, 3.05) is 38.5 Å². The van der Waals surface area contributed by atoms with E-state index in [0.717, 1.165) is 25.0 Å². The van der Waals surface area contributed by atoms with Crippen LogP contribution in [0.25, 0.3) is 0 Å². The summed E-state index contributed by atoms with van der Waals surface area (Å²) in [5, 5.41) is 2.94. The van der Waals surface area contributed by atoms with Crippen LogP contribution in [-0.4, -0.2) is 55.2 Å². The summed E-state index contributed by atoms with van der Waals surface area (Å²) >= 11 is 0. The standard InChI is InChI=1S/C19H32N4O2S2/c20-11-14-23(15-12-21)19(25)9-5-2-6-13-22-18(24)10-16-26-27-17-7-3-1-4-8-17/h1,3-4,7-8H,2,5-6,9-16,20-21H2,(H,22,24). The van der Waals surface area contributed by atoms with Gasteiger partial charge in [-0.05, 0) is 25.0 Å². The summed E-state index contributed by atoms with van der Waals surface area (Å²) in [6.45, 7) is 2.71. The van der Waals surface area contributed by atoms with Crippen molar-refractivity contribution >= 4 is 33.4 Å². The van der Waals surface area contributed by atoms with E-state index >= 15 is 0 Å². The summed E-state index contributed by atoms with van der Waals surface area (Å²) in [5.41, 5.74) is 11.0. The van der Waals surface area contributed by atoms with E-state index in [1.807, 2.05) is 18.2 Å². The van der Waals surface area contributed by atoms with Gasteiger partial charge >= 0.3 is 0 Å². The van der Waals surface area contributed by atoms with Gasteiger partial charge in [-0.15, -0.1) is 0 Å². The Bertz CT molecular complexity index is 526. The summed E-state index contributed by atoms with van der Waals surface area (Å²) < 4.78 is 0. The summed E-state index contributed by atoms with van der Waals surface area (Å²) in [6, 6.07) is 10.1. The number of nitrogens with zero attached hydrogens (tertiary/aromatic N) is 1. The molecule has 0 aliphatic heterocycles. The van der Waals surface area contributed by atoms with E-state index in [9.17, 15) is 9.59 Å². The number of amides is 2. The van der Waals surface area contributed by atoms with Crippen LogP contribution in [0.15, 0.2) is 35.2 Å². The average molecular weight is 413 g/mol. The van der Waals surface area contributed by atoms with Crippen LogP contribution >= 0.6 is 21.6 Å². The zero-order chi connectivity index (χ0) is 19.7. The van der Waals surface area contributed by atoms with Crippen molar-refractivity contribution < 1.29 is 9.59 Å². The lowest BCUT2D eigenvalue weighted by molar-refractivity contribution is -0.131. The topological polar surface area (TPSA) is 101 Å². The second-order valence-corrected chi connectivity index (χ2v) is 8.58. The van der Waals surface area contributed by atoms with Gasteiger partial charge in [0.15, 0.2) is 0 Å². The fourth-order valence-corrected chi connectivity index (χ4v) is 4.44. The minimum absolute atomic E-state index is 0.0873. The van der Waals surface area contributed by atoms with Crippen molar-refractivity contribution in [1.82, 2.24) is 10.2 Å². The molecular formula is C19H32N4O2S2. The van der Waals surface area contributed by atoms with E-state index in [2.05, 4.69) is 17.4 Å². The molecule has 1 rings (SSSR count). The van der Waals surface area contributed by atoms with E-state index < -0.39 is 0 Å². The molecule has 0 heterocycles. The highest BCUT2D eigenvalue weighted by atomic mass is 33.1. The number of carbonyl (C=O) groups is 2. The lowest BCUT2D eigenvalue weighted by atomic mass is 10.1. The highest BCUT2D eigenvalue weighted by Crippen LogP contribution is 2.30. The van der Waals surface area contributed by atoms with Gasteiger partial charge < -0.3 is 21.7 Å². The average Bonchev–Trinajstić information content (AvgIpc) is 2.68. The van der Waals surface area contributed by atoms with Crippen molar-refractivity contribution in [3.8, 4) is 0 Å². The number of unbranched alkanes of at least 4 members (excludes halogenated alkanes) is 2. The fourth-order valence-electron chi connectivity index (χ4n) is 2.45. The maximum atomic E-state index is 12.1. The molecule has 152 valence electrons. The second kappa shape index (κ2) is 15.8. The van der Waals surface area contributed by atoms with Crippen LogP contribution in [-0.2, 0) is 9.59 Å². The Morgan fingerprint density at radius 1 is 0.963 bits per heavy atom. The van der Waals surface area contributed by atoms with Gasteiger partial charge in [0.25, 0.3) is 0 Å². The van der Waals surface area contributed by atoms with Gasteiger partial charge in [0.2, 0.25) is 11.8 Å². The van der Waals surface area contributed by atoms with E-state index in [1.165, 1.54) is 4.90 Å². The molecule has 6 nitrogen and oxygen atoms in total. The highest BCUT2D eigenvalue weighted by Gasteiger charge is 2.11. The Balaban J connectivity index is 1.99.